The minimum atomic E-state index is -0.114. The van der Waals surface area contributed by atoms with Crippen molar-refractivity contribution in [2.24, 2.45) is 5.92 Å². The van der Waals surface area contributed by atoms with Crippen LogP contribution in [0.5, 0.6) is 0 Å². The monoisotopic (exact) mass is 273 g/mol. The highest BCUT2D eigenvalue weighted by Gasteiger charge is 2.25. The van der Waals surface area contributed by atoms with Crippen molar-refractivity contribution < 1.29 is 14.6 Å². The Morgan fingerprint density at radius 2 is 2.05 bits per heavy atom. The summed E-state index contributed by atoms with van der Waals surface area (Å²) in [5.41, 5.74) is -0.114. The van der Waals surface area contributed by atoms with E-state index in [-0.39, 0.29) is 12.1 Å². The van der Waals surface area contributed by atoms with Crippen LogP contribution in [0.4, 0.5) is 0 Å². The van der Waals surface area contributed by atoms with Crippen LogP contribution in [0.2, 0.25) is 0 Å². The molecule has 0 saturated carbocycles. The number of likely N-dealkylation sites (N-methyl/N-ethyl adjacent to an activating group) is 1. The second-order valence-corrected chi connectivity index (χ2v) is 5.56. The quantitative estimate of drug-likeness (QED) is 0.597. The number of ether oxygens (including phenoxy) is 2. The first-order valence-corrected chi connectivity index (χ1v) is 7.77. The van der Waals surface area contributed by atoms with E-state index in [1.54, 1.807) is 0 Å². The number of nitrogens with one attached hydrogen (secondary N) is 1. The number of hydrogen-bond donors (Lipinski definition) is 2. The smallest absolute Gasteiger partial charge is 0.0613 e. The Labute approximate surface area is 117 Å². The highest BCUT2D eigenvalue weighted by molar-refractivity contribution is 4.85. The molecule has 1 unspecified atom stereocenters. The van der Waals surface area contributed by atoms with E-state index in [2.05, 4.69) is 19.2 Å². The van der Waals surface area contributed by atoms with E-state index in [0.717, 1.165) is 65.1 Å². The van der Waals surface area contributed by atoms with Crippen LogP contribution in [-0.2, 0) is 9.47 Å². The molecule has 1 saturated heterocycles. The van der Waals surface area contributed by atoms with Crippen LogP contribution in [0.1, 0.15) is 46.0 Å². The summed E-state index contributed by atoms with van der Waals surface area (Å²) < 4.78 is 11.1. The predicted molar refractivity (Wildman–Crippen MR) is 77.4 cm³/mol. The van der Waals surface area contributed by atoms with E-state index in [9.17, 15) is 5.11 Å². The molecule has 0 bridgehead atoms. The fraction of sp³-hybridized carbons (Fsp3) is 1.00. The Bertz CT molecular complexity index is 213. The van der Waals surface area contributed by atoms with Crippen LogP contribution in [0.25, 0.3) is 0 Å². The summed E-state index contributed by atoms with van der Waals surface area (Å²) in [5, 5.41) is 13.0. The van der Waals surface area contributed by atoms with Crippen LogP contribution < -0.4 is 5.32 Å². The molecule has 114 valence electrons. The number of aliphatic hydroxyl groups excluding tert-OH is 1. The van der Waals surface area contributed by atoms with Gasteiger partial charge in [0.1, 0.15) is 0 Å². The van der Waals surface area contributed by atoms with E-state index in [1.807, 2.05) is 0 Å². The Morgan fingerprint density at radius 1 is 1.32 bits per heavy atom. The lowest BCUT2D eigenvalue weighted by molar-refractivity contribution is 0.0176. The average molecular weight is 273 g/mol. The summed E-state index contributed by atoms with van der Waals surface area (Å²) in [4.78, 5) is 0. The van der Waals surface area contributed by atoms with Crippen molar-refractivity contribution in [3.8, 4) is 0 Å². The van der Waals surface area contributed by atoms with Gasteiger partial charge in [0.25, 0.3) is 0 Å². The molecule has 0 aromatic heterocycles. The number of rotatable bonds is 10. The first kappa shape index (κ1) is 16.9. The Kier molecular flexibility index (Phi) is 8.62. The van der Waals surface area contributed by atoms with Crippen molar-refractivity contribution in [3.63, 3.8) is 0 Å². The van der Waals surface area contributed by atoms with Gasteiger partial charge < -0.3 is 19.9 Å². The SMILES string of the molecule is CCNC(CC)(CO)CCCOCC1CCOCC1. The molecule has 19 heavy (non-hydrogen) atoms. The van der Waals surface area contributed by atoms with Crippen molar-refractivity contribution >= 4 is 0 Å². The molecule has 0 aromatic rings. The molecule has 1 aliphatic heterocycles. The molecule has 0 aliphatic carbocycles. The Hall–Kier alpha value is -0.160. The zero-order chi connectivity index (χ0) is 14.0. The predicted octanol–water partition coefficient (Wildman–Crippen LogP) is 1.96. The van der Waals surface area contributed by atoms with Gasteiger partial charge in [-0.1, -0.05) is 13.8 Å². The third-order valence-electron chi connectivity index (χ3n) is 4.17. The van der Waals surface area contributed by atoms with Gasteiger partial charge >= 0.3 is 0 Å². The summed E-state index contributed by atoms with van der Waals surface area (Å²) in [5.74, 6) is 0.677. The zero-order valence-corrected chi connectivity index (χ0v) is 12.6. The molecule has 4 heteroatoms. The van der Waals surface area contributed by atoms with Crippen molar-refractivity contribution in [2.75, 3.05) is 39.6 Å². The van der Waals surface area contributed by atoms with Gasteiger partial charge in [0, 0.05) is 32.0 Å². The summed E-state index contributed by atoms with van der Waals surface area (Å²) in [6, 6.07) is 0. The molecule has 2 N–H and O–H groups in total. The van der Waals surface area contributed by atoms with Gasteiger partial charge in [-0.2, -0.15) is 0 Å². The zero-order valence-electron chi connectivity index (χ0n) is 12.6. The molecule has 1 fully saturated rings. The lowest BCUT2D eigenvalue weighted by Gasteiger charge is -2.32. The highest BCUT2D eigenvalue weighted by atomic mass is 16.5. The summed E-state index contributed by atoms with van der Waals surface area (Å²) in [6.07, 6.45) is 5.20. The Morgan fingerprint density at radius 3 is 2.63 bits per heavy atom. The van der Waals surface area contributed by atoms with Gasteiger partial charge in [-0.05, 0) is 44.6 Å². The topological polar surface area (TPSA) is 50.7 Å². The van der Waals surface area contributed by atoms with E-state index in [0.29, 0.717) is 5.92 Å². The number of hydrogen-bond acceptors (Lipinski definition) is 4. The fourth-order valence-electron chi connectivity index (χ4n) is 2.69. The van der Waals surface area contributed by atoms with Crippen LogP contribution in [0, 0.1) is 5.92 Å². The van der Waals surface area contributed by atoms with Crippen molar-refractivity contribution in [3.05, 3.63) is 0 Å². The van der Waals surface area contributed by atoms with Gasteiger partial charge in [0.15, 0.2) is 0 Å². The molecule has 1 heterocycles. The fourth-order valence-corrected chi connectivity index (χ4v) is 2.69. The van der Waals surface area contributed by atoms with Gasteiger partial charge in [-0.25, -0.2) is 0 Å². The van der Waals surface area contributed by atoms with Gasteiger partial charge in [-0.3, -0.25) is 0 Å². The van der Waals surface area contributed by atoms with Crippen LogP contribution in [-0.4, -0.2) is 50.2 Å². The van der Waals surface area contributed by atoms with Crippen LogP contribution in [0.3, 0.4) is 0 Å². The van der Waals surface area contributed by atoms with E-state index < -0.39 is 0 Å². The van der Waals surface area contributed by atoms with Crippen LogP contribution >= 0.6 is 0 Å². The van der Waals surface area contributed by atoms with Gasteiger partial charge in [0.05, 0.1) is 6.61 Å². The molecule has 0 amide bonds. The first-order chi connectivity index (χ1) is 9.26. The first-order valence-electron chi connectivity index (χ1n) is 7.77. The summed E-state index contributed by atoms with van der Waals surface area (Å²) >= 11 is 0. The van der Waals surface area contributed by atoms with Gasteiger partial charge in [-0.15, -0.1) is 0 Å². The molecule has 1 aliphatic rings. The minimum absolute atomic E-state index is 0.114. The van der Waals surface area contributed by atoms with E-state index in [4.69, 9.17) is 9.47 Å². The van der Waals surface area contributed by atoms with Crippen molar-refractivity contribution in [2.45, 2.75) is 51.5 Å². The van der Waals surface area contributed by atoms with Gasteiger partial charge in [0.2, 0.25) is 0 Å². The molecule has 1 atom stereocenters. The summed E-state index contributed by atoms with van der Waals surface area (Å²) in [6.45, 7) is 8.75. The maximum Gasteiger partial charge on any atom is 0.0613 e. The highest BCUT2D eigenvalue weighted by Crippen LogP contribution is 2.18. The normalized spacial score (nSPS) is 20.4. The van der Waals surface area contributed by atoms with Crippen molar-refractivity contribution in [1.29, 1.82) is 0 Å². The molecule has 0 aromatic carbocycles. The maximum absolute atomic E-state index is 9.55. The molecular formula is C15H31NO3. The average Bonchev–Trinajstić information content (AvgIpc) is 2.47. The molecule has 0 spiro atoms. The lowest BCUT2D eigenvalue weighted by Crippen LogP contribution is -2.48. The Balaban J connectivity index is 2.10. The standard InChI is InChI=1S/C15H31NO3/c1-3-15(13-17,16-4-2)8-5-9-19-12-14-6-10-18-11-7-14/h14,16-17H,3-13H2,1-2H3. The van der Waals surface area contributed by atoms with E-state index in [1.165, 1.54) is 0 Å². The molecule has 1 rings (SSSR count). The molecule has 4 nitrogen and oxygen atoms in total. The third-order valence-corrected chi connectivity index (χ3v) is 4.17. The number of aliphatic hydroxyl groups is 1. The molecular weight excluding hydrogens is 242 g/mol. The van der Waals surface area contributed by atoms with Crippen LogP contribution in [0.15, 0.2) is 0 Å². The largest absolute Gasteiger partial charge is 0.394 e. The van der Waals surface area contributed by atoms with E-state index >= 15 is 0 Å². The second-order valence-electron chi connectivity index (χ2n) is 5.56. The summed E-state index contributed by atoms with van der Waals surface area (Å²) in [7, 11) is 0. The van der Waals surface area contributed by atoms with Crippen molar-refractivity contribution in [1.82, 2.24) is 5.32 Å². The maximum atomic E-state index is 9.55. The second kappa shape index (κ2) is 9.70. The third kappa shape index (κ3) is 6.21. The minimum Gasteiger partial charge on any atom is -0.394 e. The lowest BCUT2D eigenvalue weighted by atomic mass is 9.91. The molecule has 0 radical (unpaired) electrons.